The third kappa shape index (κ3) is 4.38. The van der Waals surface area contributed by atoms with E-state index in [1.807, 2.05) is 30.3 Å². The highest BCUT2D eigenvalue weighted by molar-refractivity contribution is 7.99. The Balaban J connectivity index is 1.62. The van der Waals surface area contributed by atoms with Gasteiger partial charge in [-0.3, -0.25) is 20.0 Å². The number of aromatic nitrogens is 3. The molecule has 0 aliphatic heterocycles. The molecule has 0 saturated heterocycles. The summed E-state index contributed by atoms with van der Waals surface area (Å²) in [6.45, 7) is 0. The van der Waals surface area contributed by atoms with Gasteiger partial charge >= 0.3 is 0 Å². The molecule has 8 nitrogen and oxygen atoms in total. The maximum atomic E-state index is 12.1. The first-order chi connectivity index (χ1) is 12.5. The summed E-state index contributed by atoms with van der Waals surface area (Å²) >= 11 is 6.87. The summed E-state index contributed by atoms with van der Waals surface area (Å²) in [6.07, 6.45) is 0. The first-order valence-electron chi connectivity index (χ1n) is 7.37. The zero-order chi connectivity index (χ0) is 18.5. The Hall–Kier alpha value is -2.91. The molecule has 0 atom stereocenters. The van der Waals surface area contributed by atoms with Gasteiger partial charge in [0.15, 0.2) is 5.82 Å². The topological polar surface area (TPSA) is 114 Å². The lowest BCUT2D eigenvalue weighted by atomic mass is 10.2. The number of amides is 1. The zero-order valence-corrected chi connectivity index (χ0v) is 14.8. The number of anilines is 1. The number of thioether (sulfide) groups is 1. The van der Waals surface area contributed by atoms with Crippen molar-refractivity contribution in [1.82, 2.24) is 15.2 Å². The van der Waals surface area contributed by atoms with E-state index in [0.29, 0.717) is 11.0 Å². The van der Waals surface area contributed by atoms with E-state index < -0.39 is 10.8 Å². The highest BCUT2D eigenvalue weighted by atomic mass is 35.5. The number of halogens is 1. The summed E-state index contributed by atoms with van der Waals surface area (Å²) in [4.78, 5) is 26.8. The maximum Gasteiger partial charge on any atom is 0.294 e. The molecule has 0 unspecified atom stereocenters. The molecule has 0 radical (unpaired) electrons. The lowest BCUT2D eigenvalue weighted by Gasteiger charge is -2.05. The highest BCUT2D eigenvalue weighted by Gasteiger charge is 2.17. The Labute approximate surface area is 157 Å². The molecule has 132 valence electrons. The van der Waals surface area contributed by atoms with Crippen LogP contribution in [0.25, 0.3) is 11.4 Å². The molecule has 1 amide bonds. The normalized spacial score (nSPS) is 10.5. The van der Waals surface area contributed by atoms with Gasteiger partial charge in [-0.25, -0.2) is 4.98 Å². The lowest BCUT2D eigenvalue weighted by Crippen LogP contribution is -2.15. The van der Waals surface area contributed by atoms with Crippen LogP contribution in [0.15, 0.2) is 53.7 Å². The monoisotopic (exact) mass is 389 g/mol. The molecular weight excluding hydrogens is 378 g/mol. The minimum Gasteiger partial charge on any atom is -0.320 e. The fourth-order valence-electron chi connectivity index (χ4n) is 2.11. The summed E-state index contributed by atoms with van der Waals surface area (Å²) in [6, 6.07) is 13.5. The molecule has 0 aliphatic carbocycles. The molecule has 26 heavy (non-hydrogen) atoms. The van der Waals surface area contributed by atoms with Crippen LogP contribution in [0.5, 0.6) is 0 Å². The van der Waals surface area contributed by atoms with Crippen molar-refractivity contribution in [2.75, 3.05) is 11.1 Å². The molecule has 3 rings (SSSR count). The van der Waals surface area contributed by atoms with Crippen LogP contribution in [0.1, 0.15) is 0 Å². The molecule has 1 heterocycles. The second-order valence-electron chi connectivity index (χ2n) is 5.09. The van der Waals surface area contributed by atoms with Crippen LogP contribution < -0.4 is 5.32 Å². The molecular formula is C16H12ClN5O3S. The lowest BCUT2D eigenvalue weighted by molar-refractivity contribution is -0.383. The highest BCUT2D eigenvalue weighted by Crippen LogP contribution is 2.28. The first kappa shape index (κ1) is 17.9. The van der Waals surface area contributed by atoms with Gasteiger partial charge in [0.2, 0.25) is 11.1 Å². The maximum absolute atomic E-state index is 12.1. The van der Waals surface area contributed by atoms with Gasteiger partial charge in [-0.2, -0.15) is 0 Å². The van der Waals surface area contributed by atoms with Crippen LogP contribution in [0, 0.1) is 10.1 Å². The number of nitro benzene ring substituents is 1. The Morgan fingerprint density at radius 2 is 2.04 bits per heavy atom. The fraction of sp³-hybridized carbons (Fsp3) is 0.0625. The smallest absolute Gasteiger partial charge is 0.294 e. The van der Waals surface area contributed by atoms with Gasteiger partial charge in [0.1, 0.15) is 5.69 Å². The minimum atomic E-state index is -0.601. The predicted octanol–water partition coefficient (Wildman–Crippen LogP) is 3.76. The van der Waals surface area contributed by atoms with E-state index in [-0.39, 0.29) is 22.2 Å². The number of carbonyl (C=O) groups excluding carboxylic acids is 1. The van der Waals surface area contributed by atoms with Crippen molar-refractivity contribution in [2.24, 2.45) is 0 Å². The number of nitro groups is 1. The standard InChI is InChI=1S/C16H12ClN5O3S/c17-11-6-7-12(13(8-11)22(24)25)18-14(23)9-26-16-19-15(20-21-16)10-4-2-1-3-5-10/h1-8H,9H2,(H,18,23)(H,19,20,21). The van der Waals surface area contributed by atoms with Crippen molar-refractivity contribution in [1.29, 1.82) is 0 Å². The van der Waals surface area contributed by atoms with Crippen molar-refractivity contribution in [2.45, 2.75) is 5.16 Å². The molecule has 1 aromatic heterocycles. The van der Waals surface area contributed by atoms with E-state index in [1.165, 1.54) is 18.2 Å². The first-order valence-corrected chi connectivity index (χ1v) is 8.73. The summed E-state index contributed by atoms with van der Waals surface area (Å²) in [5.74, 6) is 0.194. The number of carbonyl (C=O) groups is 1. The Morgan fingerprint density at radius 3 is 2.77 bits per heavy atom. The fourth-order valence-corrected chi connectivity index (χ4v) is 2.88. The number of benzene rings is 2. The zero-order valence-electron chi connectivity index (χ0n) is 13.2. The SMILES string of the molecule is O=C(CSc1n[nH]c(-c2ccccc2)n1)Nc1ccc(Cl)cc1[N+](=O)[O-]. The third-order valence-electron chi connectivity index (χ3n) is 3.28. The number of hydrogen-bond acceptors (Lipinski definition) is 6. The van der Waals surface area contributed by atoms with Crippen molar-refractivity contribution in [3.63, 3.8) is 0 Å². The second kappa shape index (κ2) is 7.98. The van der Waals surface area contributed by atoms with Crippen LogP contribution in [-0.4, -0.2) is 31.8 Å². The van der Waals surface area contributed by atoms with Crippen molar-refractivity contribution >= 4 is 40.6 Å². The van der Waals surface area contributed by atoms with E-state index in [4.69, 9.17) is 11.6 Å². The predicted molar refractivity (Wildman–Crippen MR) is 99.3 cm³/mol. The summed E-state index contributed by atoms with van der Waals surface area (Å²) in [5.41, 5.74) is 0.707. The molecule has 3 aromatic rings. The van der Waals surface area contributed by atoms with Gasteiger partial charge in [0.25, 0.3) is 5.69 Å². The molecule has 0 bridgehead atoms. The Bertz CT molecular complexity index is 948. The minimum absolute atomic E-state index is 0.00582. The van der Waals surface area contributed by atoms with Gasteiger partial charge in [-0.1, -0.05) is 53.7 Å². The third-order valence-corrected chi connectivity index (χ3v) is 4.36. The largest absolute Gasteiger partial charge is 0.320 e. The Kier molecular flexibility index (Phi) is 5.49. The molecule has 10 heteroatoms. The van der Waals surface area contributed by atoms with E-state index >= 15 is 0 Å². The molecule has 0 aliphatic rings. The number of nitrogens with one attached hydrogen (secondary N) is 2. The second-order valence-corrected chi connectivity index (χ2v) is 6.47. The molecule has 0 fully saturated rings. The number of hydrogen-bond donors (Lipinski definition) is 2. The quantitative estimate of drug-likeness (QED) is 0.377. The summed E-state index contributed by atoms with van der Waals surface area (Å²) in [5, 5.41) is 21.0. The van der Waals surface area contributed by atoms with Crippen LogP contribution >= 0.6 is 23.4 Å². The Morgan fingerprint density at radius 1 is 1.27 bits per heavy atom. The van der Waals surface area contributed by atoms with Crippen LogP contribution in [0.3, 0.4) is 0 Å². The molecule has 2 aromatic carbocycles. The van der Waals surface area contributed by atoms with Crippen molar-refractivity contribution < 1.29 is 9.72 Å². The van der Waals surface area contributed by atoms with E-state index in [9.17, 15) is 14.9 Å². The molecule has 0 saturated carbocycles. The average Bonchev–Trinajstić information content (AvgIpc) is 3.11. The summed E-state index contributed by atoms with van der Waals surface area (Å²) in [7, 11) is 0. The number of rotatable bonds is 6. The van der Waals surface area contributed by atoms with Gasteiger partial charge in [-0.15, -0.1) is 5.10 Å². The molecule has 0 spiro atoms. The van der Waals surface area contributed by atoms with Crippen molar-refractivity contribution in [3.8, 4) is 11.4 Å². The van der Waals surface area contributed by atoms with E-state index in [0.717, 1.165) is 17.3 Å². The van der Waals surface area contributed by atoms with E-state index in [2.05, 4.69) is 20.5 Å². The van der Waals surface area contributed by atoms with Crippen LogP contribution in [0.4, 0.5) is 11.4 Å². The summed E-state index contributed by atoms with van der Waals surface area (Å²) < 4.78 is 0. The van der Waals surface area contributed by atoms with Gasteiger partial charge in [-0.05, 0) is 12.1 Å². The van der Waals surface area contributed by atoms with Gasteiger partial charge < -0.3 is 5.32 Å². The number of H-pyrrole nitrogens is 1. The van der Waals surface area contributed by atoms with Crippen molar-refractivity contribution in [3.05, 3.63) is 63.7 Å². The van der Waals surface area contributed by atoms with E-state index in [1.54, 1.807) is 0 Å². The number of aromatic amines is 1. The average molecular weight is 390 g/mol. The van der Waals surface area contributed by atoms with Crippen LogP contribution in [0.2, 0.25) is 5.02 Å². The van der Waals surface area contributed by atoms with Crippen LogP contribution in [-0.2, 0) is 4.79 Å². The molecule has 2 N–H and O–H groups in total. The van der Waals surface area contributed by atoms with Gasteiger partial charge in [0.05, 0.1) is 10.7 Å². The number of nitrogens with zero attached hydrogens (tertiary/aromatic N) is 3. The van der Waals surface area contributed by atoms with Gasteiger partial charge in [0, 0.05) is 16.7 Å².